The van der Waals surface area contributed by atoms with Crippen LogP contribution in [0.4, 0.5) is 17.5 Å². The Labute approximate surface area is 164 Å². The minimum absolute atomic E-state index is 0.463. The molecule has 7 nitrogen and oxygen atoms in total. The van der Waals surface area contributed by atoms with Crippen LogP contribution in [0.2, 0.25) is 0 Å². The molecule has 0 atom stereocenters. The van der Waals surface area contributed by atoms with Gasteiger partial charge in [0.25, 0.3) is 0 Å². The van der Waals surface area contributed by atoms with E-state index in [0.29, 0.717) is 36.4 Å². The summed E-state index contributed by atoms with van der Waals surface area (Å²) in [7, 11) is 4.89. The van der Waals surface area contributed by atoms with Crippen LogP contribution in [-0.2, 0) is 4.74 Å². The van der Waals surface area contributed by atoms with E-state index in [9.17, 15) is 0 Å². The van der Waals surface area contributed by atoms with Gasteiger partial charge in [0.15, 0.2) is 0 Å². The van der Waals surface area contributed by atoms with Gasteiger partial charge in [-0.05, 0) is 12.1 Å². The molecular formula is C21H24N4O3. The summed E-state index contributed by atoms with van der Waals surface area (Å²) in [6.07, 6.45) is 0. The summed E-state index contributed by atoms with van der Waals surface area (Å²) in [4.78, 5) is 9.23. The van der Waals surface area contributed by atoms with Crippen molar-refractivity contribution < 1.29 is 14.2 Å². The molecule has 0 bridgehead atoms. The van der Waals surface area contributed by atoms with Crippen molar-refractivity contribution in [1.29, 1.82) is 0 Å². The van der Waals surface area contributed by atoms with Gasteiger partial charge in [0.1, 0.15) is 17.3 Å². The first-order chi connectivity index (χ1) is 13.7. The molecule has 0 fully saturated rings. The number of hydrogen-bond donors (Lipinski definition) is 2. The molecule has 146 valence electrons. The fourth-order valence-corrected chi connectivity index (χ4v) is 2.65. The Morgan fingerprint density at radius 3 is 2.43 bits per heavy atom. The zero-order valence-electron chi connectivity index (χ0n) is 16.2. The highest BCUT2D eigenvalue weighted by Crippen LogP contribution is 2.31. The average molecular weight is 380 g/mol. The summed E-state index contributed by atoms with van der Waals surface area (Å²) in [5.74, 6) is 2.52. The third-order valence-electron chi connectivity index (χ3n) is 4.06. The van der Waals surface area contributed by atoms with Crippen molar-refractivity contribution in [3.63, 3.8) is 0 Å². The van der Waals surface area contributed by atoms with E-state index in [1.165, 1.54) is 0 Å². The summed E-state index contributed by atoms with van der Waals surface area (Å²) in [5.41, 5.74) is 2.56. The Balaban J connectivity index is 1.94. The summed E-state index contributed by atoms with van der Waals surface area (Å²) in [5, 5.41) is 6.50. The first-order valence-electron chi connectivity index (χ1n) is 8.90. The van der Waals surface area contributed by atoms with E-state index in [1.807, 2.05) is 48.5 Å². The lowest BCUT2D eigenvalue weighted by Crippen LogP contribution is -2.10. The lowest BCUT2D eigenvalue weighted by atomic mass is 10.1. The van der Waals surface area contributed by atoms with E-state index in [-0.39, 0.29) is 0 Å². The average Bonchev–Trinajstić information content (AvgIpc) is 2.74. The van der Waals surface area contributed by atoms with Crippen LogP contribution in [0.3, 0.4) is 0 Å². The number of hydrogen-bond acceptors (Lipinski definition) is 7. The number of methoxy groups -OCH3 is 3. The van der Waals surface area contributed by atoms with Crippen LogP contribution >= 0.6 is 0 Å². The number of aromatic nitrogens is 2. The molecule has 0 unspecified atom stereocenters. The maximum atomic E-state index is 5.45. The van der Waals surface area contributed by atoms with Gasteiger partial charge in [-0.25, -0.2) is 4.98 Å². The number of nitrogens with zero attached hydrogens (tertiary/aromatic N) is 2. The minimum atomic E-state index is 0.463. The molecule has 28 heavy (non-hydrogen) atoms. The van der Waals surface area contributed by atoms with E-state index in [0.717, 1.165) is 16.9 Å². The Morgan fingerprint density at radius 2 is 1.71 bits per heavy atom. The molecule has 0 spiro atoms. The number of ether oxygens (including phenoxy) is 3. The molecule has 0 aliphatic rings. The Morgan fingerprint density at radius 1 is 0.893 bits per heavy atom. The summed E-state index contributed by atoms with van der Waals surface area (Å²) < 4.78 is 15.8. The molecule has 0 aliphatic carbocycles. The maximum Gasteiger partial charge on any atom is 0.229 e. The van der Waals surface area contributed by atoms with Gasteiger partial charge in [-0.2, -0.15) is 4.98 Å². The fraction of sp³-hybridized carbons (Fsp3) is 0.238. The van der Waals surface area contributed by atoms with E-state index < -0.39 is 0 Å². The lowest BCUT2D eigenvalue weighted by molar-refractivity contribution is 0.210. The molecule has 3 rings (SSSR count). The molecule has 0 saturated heterocycles. The highest BCUT2D eigenvalue weighted by atomic mass is 16.5. The summed E-state index contributed by atoms with van der Waals surface area (Å²) in [6.45, 7) is 1.23. The van der Waals surface area contributed by atoms with Gasteiger partial charge in [-0.15, -0.1) is 0 Å². The van der Waals surface area contributed by atoms with Gasteiger partial charge >= 0.3 is 0 Å². The third kappa shape index (κ3) is 4.89. The Bertz CT molecular complexity index is 903. The van der Waals surface area contributed by atoms with Gasteiger partial charge in [-0.1, -0.05) is 30.3 Å². The molecule has 1 heterocycles. The highest BCUT2D eigenvalue weighted by Gasteiger charge is 2.10. The summed E-state index contributed by atoms with van der Waals surface area (Å²) in [6, 6.07) is 17.4. The van der Waals surface area contributed by atoms with Gasteiger partial charge < -0.3 is 24.8 Å². The Hall–Kier alpha value is -3.32. The maximum absolute atomic E-state index is 5.45. The number of nitrogens with one attached hydrogen (secondary N) is 2. The van der Waals surface area contributed by atoms with E-state index in [1.54, 1.807) is 27.4 Å². The van der Waals surface area contributed by atoms with E-state index in [2.05, 4.69) is 20.6 Å². The zero-order chi connectivity index (χ0) is 19.8. The molecule has 0 amide bonds. The standard InChI is InChI=1S/C21H24N4O3/c1-26-12-11-22-20-14-18(15-7-5-4-6-8-15)24-21(25-20)23-17-10-9-16(27-2)13-19(17)28-3/h4-10,13-14H,11-12H2,1-3H3,(H2,22,23,24,25). The second-order valence-corrected chi connectivity index (χ2v) is 5.94. The first-order valence-corrected chi connectivity index (χ1v) is 8.90. The molecule has 0 aliphatic heterocycles. The lowest BCUT2D eigenvalue weighted by Gasteiger charge is -2.14. The van der Waals surface area contributed by atoms with E-state index in [4.69, 9.17) is 14.2 Å². The van der Waals surface area contributed by atoms with Gasteiger partial charge in [0.2, 0.25) is 5.95 Å². The number of anilines is 3. The molecular weight excluding hydrogens is 356 g/mol. The van der Waals surface area contributed by atoms with Crippen LogP contribution in [0.15, 0.2) is 54.6 Å². The van der Waals surface area contributed by atoms with Crippen molar-refractivity contribution in [2.45, 2.75) is 0 Å². The monoisotopic (exact) mass is 380 g/mol. The van der Waals surface area contributed by atoms with Crippen molar-refractivity contribution in [1.82, 2.24) is 9.97 Å². The molecule has 0 saturated carbocycles. The van der Waals surface area contributed by atoms with Crippen molar-refractivity contribution >= 4 is 17.5 Å². The molecule has 2 aromatic carbocycles. The molecule has 7 heteroatoms. The van der Waals surface area contributed by atoms with Crippen LogP contribution < -0.4 is 20.1 Å². The quantitative estimate of drug-likeness (QED) is 0.544. The normalized spacial score (nSPS) is 10.4. The topological polar surface area (TPSA) is 77.5 Å². The summed E-state index contributed by atoms with van der Waals surface area (Å²) >= 11 is 0. The second-order valence-electron chi connectivity index (χ2n) is 5.94. The van der Waals surface area contributed by atoms with Gasteiger partial charge in [0, 0.05) is 31.4 Å². The van der Waals surface area contributed by atoms with Crippen LogP contribution in [-0.4, -0.2) is 44.4 Å². The van der Waals surface area contributed by atoms with Crippen molar-refractivity contribution in [3.05, 3.63) is 54.6 Å². The predicted octanol–water partition coefficient (Wildman–Crippen LogP) is 3.96. The third-order valence-corrected chi connectivity index (χ3v) is 4.06. The molecule has 3 aromatic rings. The van der Waals surface area contributed by atoms with Crippen molar-refractivity contribution in [2.75, 3.05) is 45.1 Å². The zero-order valence-corrected chi connectivity index (χ0v) is 16.2. The number of rotatable bonds is 9. The van der Waals surface area contributed by atoms with Crippen LogP contribution in [0, 0.1) is 0 Å². The SMILES string of the molecule is COCCNc1cc(-c2ccccc2)nc(Nc2ccc(OC)cc2OC)n1. The highest BCUT2D eigenvalue weighted by molar-refractivity contribution is 5.69. The fourth-order valence-electron chi connectivity index (χ4n) is 2.65. The second kappa shape index (κ2) is 9.57. The molecule has 0 radical (unpaired) electrons. The molecule has 1 aromatic heterocycles. The number of benzene rings is 2. The van der Waals surface area contributed by atoms with Crippen LogP contribution in [0.1, 0.15) is 0 Å². The Kier molecular flexibility index (Phi) is 6.64. The minimum Gasteiger partial charge on any atom is -0.497 e. The van der Waals surface area contributed by atoms with Crippen LogP contribution in [0.25, 0.3) is 11.3 Å². The van der Waals surface area contributed by atoms with Crippen molar-refractivity contribution in [3.8, 4) is 22.8 Å². The van der Waals surface area contributed by atoms with Gasteiger partial charge in [-0.3, -0.25) is 0 Å². The van der Waals surface area contributed by atoms with Crippen LogP contribution in [0.5, 0.6) is 11.5 Å². The smallest absolute Gasteiger partial charge is 0.229 e. The predicted molar refractivity (Wildman–Crippen MR) is 111 cm³/mol. The van der Waals surface area contributed by atoms with Crippen molar-refractivity contribution in [2.24, 2.45) is 0 Å². The van der Waals surface area contributed by atoms with E-state index >= 15 is 0 Å². The largest absolute Gasteiger partial charge is 0.497 e. The first kappa shape index (κ1) is 19.4. The van der Waals surface area contributed by atoms with Gasteiger partial charge in [0.05, 0.1) is 32.2 Å². The molecule has 2 N–H and O–H groups in total.